The van der Waals surface area contributed by atoms with Gasteiger partial charge in [0.05, 0.1) is 10.8 Å². The Morgan fingerprint density at radius 2 is 1.22 bits per heavy atom. The van der Waals surface area contributed by atoms with Crippen LogP contribution in [0.1, 0.15) is 39.1 Å². The molecule has 0 fully saturated rings. The number of hydrogen-bond donors (Lipinski definition) is 1. The molecule has 0 spiro atoms. The summed E-state index contributed by atoms with van der Waals surface area (Å²) >= 11 is 0. The average Bonchev–Trinajstić information content (AvgIpc) is 2.82. The summed E-state index contributed by atoms with van der Waals surface area (Å²) in [7, 11) is 0. The molecule has 1 atom stereocenters. The Labute approximate surface area is 183 Å². The second kappa shape index (κ2) is 9.65. The van der Waals surface area contributed by atoms with Crippen molar-refractivity contribution < 1.29 is 24.6 Å². The second-order valence-corrected chi connectivity index (χ2v) is 7.18. The molecule has 8 nitrogen and oxygen atoms in total. The first-order chi connectivity index (χ1) is 15.3. The smallest absolute Gasteiger partial charge is 0.269 e. The van der Waals surface area contributed by atoms with Gasteiger partial charge in [-0.1, -0.05) is 72.8 Å². The summed E-state index contributed by atoms with van der Waals surface area (Å²) in [4.78, 5) is 37.1. The Morgan fingerprint density at radius 1 is 0.781 bits per heavy atom. The summed E-state index contributed by atoms with van der Waals surface area (Å²) in [5, 5.41) is 32.6. The Kier molecular flexibility index (Phi) is 6.74. The van der Waals surface area contributed by atoms with Crippen LogP contribution in [0.25, 0.3) is 0 Å². The highest BCUT2D eigenvalue weighted by molar-refractivity contribution is 6.19. The van der Waals surface area contributed by atoms with E-state index in [0.717, 1.165) is 0 Å². The van der Waals surface area contributed by atoms with Gasteiger partial charge in [0.1, 0.15) is 5.92 Å². The van der Waals surface area contributed by atoms with Crippen LogP contribution in [0.3, 0.4) is 0 Å². The highest BCUT2D eigenvalue weighted by Crippen LogP contribution is 2.33. The zero-order valence-corrected chi connectivity index (χ0v) is 17.1. The number of nitro benzene ring substituents is 1. The molecule has 0 saturated carbocycles. The van der Waals surface area contributed by atoms with Crippen molar-refractivity contribution in [2.75, 3.05) is 0 Å². The largest absolute Gasteiger partial charge is 0.418 e. The van der Waals surface area contributed by atoms with E-state index in [-0.39, 0.29) is 27.4 Å². The number of ketones is 2. The van der Waals surface area contributed by atoms with Gasteiger partial charge in [0.2, 0.25) is 5.71 Å². The highest BCUT2D eigenvalue weighted by Gasteiger charge is 2.42. The van der Waals surface area contributed by atoms with Crippen LogP contribution < -0.4 is 0 Å². The van der Waals surface area contributed by atoms with Gasteiger partial charge >= 0.3 is 0 Å². The Hall–Kier alpha value is -4.33. The van der Waals surface area contributed by atoms with Gasteiger partial charge in [0.15, 0.2) is 11.6 Å². The molecule has 0 amide bonds. The fraction of sp³-hybridized carbons (Fsp3) is 0.125. The molecule has 0 aliphatic carbocycles. The van der Waals surface area contributed by atoms with E-state index in [1.165, 1.54) is 31.2 Å². The van der Waals surface area contributed by atoms with Crippen molar-refractivity contribution in [3.8, 4) is 0 Å². The van der Waals surface area contributed by atoms with Crippen LogP contribution in [0.5, 0.6) is 0 Å². The molecule has 0 aliphatic heterocycles. The van der Waals surface area contributed by atoms with Crippen LogP contribution in [0.2, 0.25) is 0 Å². The van der Waals surface area contributed by atoms with E-state index in [1.807, 2.05) is 0 Å². The van der Waals surface area contributed by atoms with Crippen molar-refractivity contribution in [1.82, 2.24) is 0 Å². The molecule has 0 saturated heterocycles. The highest BCUT2D eigenvalue weighted by atomic mass is 16.8. The van der Waals surface area contributed by atoms with E-state index in [9.17, 15) is 30.1 Å². The zero-order valence-electron chi connectivity index (χ0n) is 17.1. The fourth-order valence-electron chi connectivity index (χ4n) is 3.58. The summed E-state index contributed by atoms with van der Waals surface area (Å²) in [6, 6.07) is 21.5. The molecule has 162 valence electrons. The summed E-state index contributed by atoms with van der Waals surface area (Å²) in [5.74, 6) is -3.61. The maximum atomic E-state index is 13.5. The van der Waals surface area contributed by atoms with Gasteiger partial charge in [-0.05, 0) is 5.56 Å². The fourth-order valence-corrected chi connectivity index (χ4v) is 3.58. The minimum atomic E-state index is -1.38. The first-order valence-corrected chi connectivity index (χ1v) is 9.73. The maximum Gasteiger partial charge on any atom is 0.269 e. The van der Waals surface area contributed by atoms with E-state index in [0.29, 0.717) is 5.56 Å². The topological polar surface area (TPSA) is 124 Å². The van der Waals surface area contributed by atoms with E-state index in [4.69, 9.17) is 0 Å². The van der Waals surface area contributed by atoms with Crippen LogP contribution in [0.15, 0.2) is 84.9 Å². The predicted octanol–water partition coefficient (Wildman–Crippen LogP) is 4.42. The van der Waals surface area contributed by atoms with Crippen molar-refractivity contribution >= 4 is 23.0 Å². The number of rotatable bonds is 8. The number of carbonyl (C=O) groups excluding carboxylic acids is 2. The Balaban J connectivity index is 2.21. The number of carbonyl (C=O) groups is 2. The molecule has 0 heterocycles. The third kappa shape index (κ3) is 4.70. The third-order valence-corrected chi connectivity index (χ3v) is 5.23. The van der Waals surface area contributed by atoms with E-state index in [2.05, 4.69) is 0 Å². The lowest BCUT2D eigenvalue weighted by atomic mass is 9.75. The molecule has 1 N–H and O–H groups in total. The molecule has 0 bridgehead atoms. The molecule has 3 aromatic carbocycles. The van der Waals surface area contributed by atoms with Crippen molar-refractivity contribution in [3.05, 3.63) is 117 Å². The van der Waals surface area contributed by atoms with Crippen LogP contribution in [-0.2, 0) is 0 Å². The minimum Gasteiger partial charge on any atom is -0.418 e. The summed E-state index contributed by atoms with van der Waals surface area (Å²) < 4.78 is 0. The lowest BCUT2D eigenvalue weighted by Gasteiger charge is -2.23. The van der Waals surface area contributed by atoms with Gasteiger partial charge < -0.3 is 5.21 Å². The molecule has 8 heteroatoms. The van der Waals surface area contributed by atoms with Crippen LogP contribution in [-0.4, -0.2) is 32.3 Å². The number of non-ortho nitro benzene ring substituents is 1. The number of nitrogens with zero attached hydrogens (tertiary/aromatic N) is 2. The normalized spacial score (nSPS) is 12.7. The van der Waals surface area contributed by atoms with Gasteiger partial charge in [0.25, 0.3) is 5.69 Å². The molecule has 32 heavy (non-hydrogen) atoms. The van der Waals surface area contributed by atoms with E-state index < -0.39 is 28.3 Å². The molecular weight excluding hydrogens is 412 g/mol. The average molecular weight is 432 g/mol. The number of nitro groups is 1. The molecule has 1 unspecified atom stereocenters. The van der Waals surface area contributed by atoms with Crippen LogP contribution in [0, 0.1) is 21.2 Å². The number of Topliss-reactive ketones (excluding diaryl/α,β-unsaturated/α-hetero) is 2. The lowest BCUT2D eigenvalue weighted by molar-refractivity contribution is -0.727. The molecular formula is C24H20N2O6. The van der Waals surface area contributed by atoms with Crippen LogP contribution in [0.4, 0.5) is 5.69 Å². The maximum absolute atomic E-state index is 13.5. The van der Waals surface area contributed by atoms with Crippen molar-refractivity contribution in [3.63, 3.8) is 0 Å². The SMILES string of the molecule is C/C(C(c1ccc([N+](=O)[O-])cc1)C(C(=O)c1ccccc1)C(=O)c1ccccc1)=[N+](/[O-])O. The monoisotopic (exact) mass is 432 g/mol. The van der Waals surface area contributed by atoms with Crippen molar-refractivity contribution in [2.24, 2.45) is 5.92 Å². The second-order valence-electron chi connectivity index (χ2n) is 7.18. The molecule has 0 aromatic heterocycles. The standard InChI is InChI=1S/C24H20N2O6/c1-16(25(29)30)21(17-12-14-20(15-13-17)26(31)32)22(23(27)18-8-4-2-5-9-18)24(28)19-10-6-3-7-11-19/h2-15,21-22H,1H3,(H,29,30). The van der Waals surface area contributed by atoms with Gasteiger partial charge in [-0.2, -0.15) is 0 Å². The molecule has 0 aliphatic rings. The molecule has 0 radical (unpaired) electrons. The summed E-state index contributed by atoms with van der Waals surface area (Å²) in [5.41, 5.74) is 0.446. The molecule has 3 aromatic rings. The predicted molar refractivity (Wildman–Crippen MR) is 117 cm³/mol. The van der Waals surface area contributed by atoms with Gasteiger partial charge in [-0.25, -0.2) is 0 Å². The third-order valence-electron chi connectivity index (χ3n) is 5.23. The van der Waals surface area contributed by atoms with Crippen molar-refractivity contribution in [2.45, 2.75) is 12.8 Å². The zero-order chi connectivity index (χ0) is 23.3. The number of hydrogen-bond acceptors (Lipinski definition) is 6. The Bertz CT molecular complexity index is 1100. The van der Waals surface area contributed by atoms with Gasteiger partial charge in [-0.3, -0.25) is 24.9 Å². The molecule has 3 rings (SSSR count). The minimum absolute atomic E-state index is 0.187. The number of benzene rings is 3. The summed E-state index contributed by atoms with van der Waals surface area (Å²) in [6.07, 6.45) is 0. The van der Waals surface area contributed by atoms with Gasteiger partial charge in [-0.15, -0.1) is 0 Å². The first-order valence-electron chi connectivity index (χ1n) is 9.73. The first kappa shape index (κ1) is 22.4. The quantitative estimate of drug-likeness (QED) is 0.107. The Morgan fingerprint density at radius 3 is 1.59 bits per heavy atom. The van der Waals surface area contributed by atoms with Gasteiger partial charge in [0, 0.05) is 35.1 Å². The summed E-state index contributed by atoms with van der Waals surface area (Å²) in [6.45, 7) is 1.31. The lowest BCUT2D eigenvalue weighted by Crippen LogP contribution is -2.36. The van der Waals surface area contributed by atoms with Crippen molar-refractivity contribution in [1.29, 1.82) is 0 Å². The van der Waals surface area contributed by atoms with Crippen LogP contribution >= 0.6 is 0 Å². The van der Waals surface area contributed by atoms with E-state index in [1.54, 1.807) is 60.7 Å². The van der Waals surface area contributed by atoms with E-state index >= 15 is 0 Å².